The van der Waals surface area contributed by atoms with Crippen LogP contribution in [0.4, 0.5) is 5.13 Å². The lowest BCUT2D eigenvalue weighted by molar-refractivity contribution is 0.0960. The molecule has 0 saturated carbocycles. The van der Waals surface area contributed by atoms with Gasteiger partial charge < -0.3 is 10.0 Å². The molecule has 0 amide bonds. The molecular weight excluding hydrogens is 294 g/mol. The average Bonchev–Trinajstić information content (AvgIpc) is 3.00. The number of rotatable bonds is 4. The first kappa shape index (κ1) is 15.5. The number of β-amino-alcohol motifs (C(OH)–C–C–N with tert-alkyl or cyclic N) is 1. The highest BCUT2D eigenvalue weighted by Gasteiger charge is 2.26. The Morgan fingerprint density at radius 1 is 1.32 bits per heavy atom. The molecule has 0 radical (unpaired) electrons. The van der Waals surface area contributed by atoms with E-state index in [-0.39, 0.29) is 6.10 Å². The average molecular weight is 317 g/mol. The second-order valence-electron chi connectivity index (χ2n) is 6.02. The first-order valence-corrected chi connectivity index (χ1v) is 8.69. The summed E-state index contributed by atoms with van der Waals surface area (Å²) in [5.74, 6) is 0. The van der Waals surface area contributed by atoms with Crippen molar-refractivity contribution in [2.75, 3.05) is 31.1 Å². The van der Waals surface area contributed by atoms with Crippen LogP contribution in [-0.4, -0.2) is 53.3 Å². The van der Waals surface area contributed by atoms with Gasteiger partial charge in [-0.05, 0) is 13.8 Å². The lowest BCUT2D eigenvalue weighted by Gasteiger charge is -2.40. The molecule has 2 heterocycles. The van der Waals surface area contributed by atoms with Crippen LogP contribution in [0.25, 0.3) is 11.3 Å². The van der Waals surface area contributed by atoms with Crippen LogP contribution < -0.4 is 4.90 Å². The van der Waals surface area contributed by atoms with E-state index in [0.29, 0.717) is 6.04 Å². The molecular formula is C17H23N3OS. The van der Waals surface area contributed by atoms with Crippen LogP contribution in [0.1, 0.15) is 13.8 Å². The topological polar surface area (TPSA) is 39.6 Å². The normalized spacial score (nSPS) is 21.0. The van der Waals surface area contributed by atoms with Crippen LogP contribution in [0.3, 0.4) is 0 Å². The zero-order valence-electron chi connectivity index (χ0n) is 13.1. The van der Waals surface area contributed by atoms with Crippen molar-refractivity contribution in [1.82, 2.24) is 9.88 Å². The fourth-order valence-electron chi connectivity index (χ4n) is 2.93. The molecule has 0 bridgehead atoms. The molecule has 22 heavy (non-hydrogen) atoms. The molecule has 1 N–H and O–H groups in total. The first-order valence-electron chi connectivity index (χ1n) is 7.81. The summed E-state index contributed by atoms with van der Waals surface area (Å²) in [4.78, 5) is 9.52. The monoisotopic (exact) mass is 317 g/mol. The fraction of sp³-hybridized carbons (Fsp3) is 0.471. The summed E-state index contributed by atoms with van der Waals surface area (Å²) in [5.41, 5.74) is 2.23. The Balaban J connectivity index is 1.68. The van der Waals surface area contributed by atoms with E-state index in [2.05, 4.69) is 34.2 Å². The van der Waals surface area contributed by atoms with Crippen LogP contribution in [-0.2, 0) is 0 Å². The molecule has 4 nitrogen and oxygen atoms in total. The molecule has 2 unspecified atom stereocenters. The lowest BCUT2D eigenvalue weighted by Crippen LogP contribution is -2.53. The molecule has 3 rings (SSSR count). The zero-order valence-corrected chi connectivity index (χ0v) is 14.0. The third-order valence-electron chi connectivity index (χ3n) is 4.10. The van der Waals surface area contributed by atoms with E-state index in [0.717, 1.165) is 37.0 Å². The summed E-state index contributed by atoms with van der Waals surface area (Å²) in [5, 5.41) is 12.8. The van der Waals surface area contributed by atoms with Gasteiger partial charge in [0, 0.05) is 43.2 Å². The molecule has 1 fully saturated rings. The van der Waals surface area contributed by atoms with Crippen LogP contribution in [0, 0.1) is 0 Å². The third-order valence-corrected chi connectivity index (χ3v) is 5.00. The highest BCUT2D eigenvalue weighted by molar-refractivity contribution is 7.14. The Bertz CT molecular complexity index is 599. The number of aromatic nitrogens is 1. The minimum Gasteiger partial charge on any atom is -0.392 e. The van der Waals surface area contributed by atoms with E-state index in [1.54, 1.807) is 11.3 Å². The number of hydrogen-bond donors (Lipinski definition) is 1. The molecule has 1 aliphatic heterocycles. The Labute approximate surface area is 136 Å². The zero-order chi connectivity index (χ0) is 15.5. The van der Waals surface area contributed by atoms with Gasteiger partial charge in [0.15, 0.2) is 5.13 Å². The number of nitrogens with zero attached hydrogens (tertiary/aromatic N) is 3. The largest absolute Gasteiger partial charge is 0.392 e. The minimum atomic E-state index is -0.265. The summed E-state index contributed by atoms with van der Waals surface area (Å²) in [7, 11) is 0. The highest BCUT2D eigenvalue weighted by atomic mass is 32.1. The number of piperazine rings is 1. The Kier molecular flexibility index (Phi) is 4.76. The van der Waals surface area contributed by atoms with Gasteiger partial charge in [-0.25, -0.2) is 4.98 Å². The van der Waals surface area contributed by atoms with Crippen molar-refractivity contribution >= 4 is 16.5 Å². The molecule has 0 spiro atoms. The Morgan fingerprint density at radius 3 is 2.77 bits per heavy atom. The fourth-order valence-corrected chi connectivity index (χ4v) is 3.80. The van der Waals surface area contributed by atoms with Gasteiger partial charge in [0.25, 0.3) is 0 Å². The van der Waals surface area contributed by atoms with Crippen LogP contribution in [0.5, 0.6) is 0 Å². The van der Waals surface area contributed by atoms with E-state index >= 15 is 0 Å². The summed E-state index contributed by atoms with van der Waals surface area (Å²) in [6.07, 6.45) is -0.265. The molecule has 1 aromatic carbocycles. The van der Waals surface area contributed by atoms with E-state index in [9.17, 15) is 5.11 Å². The molecule has 118 valence electrons. The van der Waals surface area contributed by atoms with Crippen molar-refractivity contribution in [3.05, 3.63) is 35.7 Å². The molecule has 1 saturated heterocycles. The van der Waals surface area contributed by atoms with Crippen molar-refractivity contribution in [3.8, 4) is 11.3 Å². The quantitative estimate of drug-likeness (QED) is 0.941. The van der Waals surface area contributed by atoms with Gasteiger partial charge in [-0.15, -0.1) is 11.3 Å². The smallest absolute Gasteiger partial charge is 0.185 e. The highest BCUT2D eigenvalue weighted by Crippen LogP contribution is 2.28. The van der Waals surface area contributed by atoms with Gasteiger partial charge in [-0.1, -0.05) is 30.3 Å². The maximum atomic E-state index is 9.57. The second kappa shape index (κ2) is 6.77. The van der Waals surface area contributed by atoms with E-state index < -0.39 is 0 Å². The molecule has 0 aliphatic carbocycles. The number of hydrogen-bond acceptors (Lipinski definition) is 5. The lowest BCUT2D eigenvalue weighted by atomic mass is 10.2. The van der Waals surface area contributed by atoms with Crippen molar-refractivity contribution < 1.29 is 5.11 Å². The Morgan fingerprint density at radius 2 is 2.09 bits per heavy atom. The van der Waals surface area contributed by atoms with Crippen LogP contribution >= 0.6 is 11.3 Å². The van der Waals surface area contributed by atoms with E-state index in [1.807, 2.05) is 25.1 Å². The third kappa shape index (κ3) is 3.48. The van der Waals surface area contributed by atoms with Crippen molar-refractivity contribution in [2.45, 2.75) is 26.0 Å². The van der Waals surface area contributed by atoms with Crippen molar-refractivity contribution in [2.24, 2.45) is 0 Å². The standard InChI is InChI=1S/C17H23N3OS/c1-13-10-20(9-8-19(13)11-14(2)21)17-18-16(12-22-17)15-6-4-3-5-7-15/h3-7,12-14,21H,8-11H2,1-2H3. The van der Waals surface area contributed by atoms with Gasteiger partial charge in [-0.3, -0.25) is 4.90 Å². The minimum absolute atomic E-state index is 0.265. The summed E-state index contributed by atoms with van der Waals surface area (Å²) in [6, 6.07) is 10.8. The van der Waals surface area contributed by atoms with Gasteiger partial charge in [0.1, 0.15) is 0 Å². The number of benzene rings is 1. The number of aliphatic hydroxyl groups excluding tert-OH is 1. The second-order valence-corrected chi connectivity index (χ2v) is 6.86. The van der Waals surface area contributed by atoms with E-state index in [4.69, 9.17) is 4.98 Å². The predicted molar refractivity (Wildman–Crippen MR) is 92.5 cm³/mol. The molecule has 1 aliphatic rings. The maximum Gasteiger partial charge on any atom is 0.185 e. The maximum absolute atomic E-state index is 9.57. The van der Waals surface area contributed by atoms with Crippen LogP contribution in [0.2, 0.25) is 0 Å². The van der Waals surface area contributed by atoms with Gasteiger partial charge in [0.2, 0.25) is 0 Å². The SMILES string of the molecule is CC(O)CN1CCN(c2nc(-c3ccccc3)cs2)CC1C. The summed E-state index contributed by atoms with van der Waals surface area (Å²) < 4.78 is 0. The molecule has 2 atom stereocenters. The molecule has 2 aromatic rings. The molecule has 5 heteroatoms. The molecule has 1 aromatic heterocycles. The van der Waals surface area contributed by atoms with Crippen LogP contribution in [0.15, 0.2) is 35.7 Å². The predicted octanol–water partition coefficient (Wildman–Crippen LogP) is 2.70. The van der Waals surface area contributed by atoms with Gasteiger partial charge >= 0.3 is 0 Å². The van der Waals surface area contributed by atoms with Gasteiger partial charge in [-0.2, -0.15) is 0 Å². The summed E-state index contributed by atoms with van der Waals surface area (Å²) in [6.45, 7) is 7.74. The van der Waals surface area contributed by atoms with E-state index in [1.165, 1.54) is 5.56 Å². The Hall–Kier alpha value is -1.43. The van der Waals surface area contributed by atoms with Crippen molar-refractivity contribution in [3.63, 3.8) is 0 Å². The summed E-state index contributed by atoms with van der Waals surface area (Å²) >= 11 is 1.71. The number of anilines is 1. The van der Waals surface area contributed by atoms with Crippen molar-refractivity contribution in [1.29, 1.82) is 0 Å². The number of aliphatic hydroxyl groups is 1. The number of thiazole rings is 1. The first-order chi connectivity index (χ1) is 10.6. The van der Waals surface area contributed by atoms with Gasteiger partial charge in [0.05, 0.1) is 11.8 Å².